The van der Waals surface area contributed by atoms with Gasteiger partial charge in [-0.3, -0.25) is 24.6 Å². The van der Waals surface area contributed by atoms with E-state index in [0.717, 1.165) is 28.1 Å². The standard InChI is InChI=1S/C27H23N3O4S/c1-16-9-11-17(12-10-16)25(31)24-23(18-5-4-6-19(13-18)30(33)34)22-14-35-15-29(22)27(24)20-7-2-3-8-21(20)28-26(27)32/h2-13,22-24H,14-15H2,1H3,(H,28,32)/t22-,23+,24-,27-/m0/s1. The van der Waals surface area contributed by atoms with Crippen LogP contribution in [0, 0.1) is 23.0 Å². The van der Waals surface area contributed by atoms with Gasteiger partial charge in [-0.05, 0) is 18.6 Å². The van der Waals surface area contributed by atoms with E-state index in [4.69, 9.17) is 0 Å². The van der Waals surface area contributed by atoms with Crippen LogP contribution in [0.3, 0.4) is 0 Å². The van der Waals surface area contributed by atoms with Gasteiger partial charge in [-0.1, -0.05) is 60.2 Å². The van der Waals surface area contributed by atoms with Crippen molar-refractivity contribution < 1.29 is 14.5 Å². The largest absolute Gasteiger partial charge is 0.324 e. The molecule has 3 heterocycles. The zero-order valence-electron chi connectivity index (χ0n) is 19.0. The Morgan fingerprint density at radius 2 is 1.89 bits per heavy atom. The number of nitro benzene ring substituents is 1. The number of carbonyl (C=O) groups excluding carboxylic acids is 2. The van der Waals surface area contributed by atoms with Crippen molar-refractivity contribution in [1.82, 2.24) is 4.90 Å². The van der Waals surface area contributed by atoms with E-state index in [9.17, 15) is 19.7 Å². The summed E-state index contributed by atoms with van der Waals surface area (Å²) in [4.78, 5) is 41.6. The molecule has 8 heteroatoms. The zero-order chi connectivity index (χ0) is 24.3. The molecule has 0 aliphatic carbocycles. The summed E-state index contributed by atoms with van der Waals surface area (Å²) in [6.45, 7) is 1.96. The Morgan fingerprint density at radius 3 is 2.66 bits per heavy atom. The number of nitrogens with one attached hydrogen (secondary N) is 1. The number of non-ortho nitro benzene ring substituents is 1. The van der Waals surface area contributed by atoms with Crippen LogP contribution in [-0.2, 0) is 10.3 Å². The number of Topliss-reactive ketones (excluding diaryl/α,β-unsaturated/α-hetero) is 1. The van der Waals surface area contributed by atoms with Gasteiger partial charge in [0.2, 0.25) is 5.91 Å². The van der Waals surface area contributed by atoms with E-state index in [2.05, 4.69) is 10.2 Å². The lowest BCUT2D eigenvalue weighted by molar-refractivity contribution is -0.384. The summed E-state index contributed by atoms with van der Waals surface area (Å²) in [5.74, 6) is -0.0904. The van der Waals surface area contributed by atoms with Gasteiger partial charge in [0.05, 0.1) is 10.8 Å². The minimum Gasteiger partial charge on any atom is -0.324 e. The van der Waals surface area contributed by atoms with Crippen LogP contribution in [0.25, 0.3) is 0 Å². The number of anilines is 1. The molecule has 0 bridgehead atoms. The lowest BCUT2D eigenvalue weighted by Gasteiger charge is -2.36. The molecule has 0 unspecified atom stereocenters. The number of carbonyl (C=O) groups is 2. The van der Waals surface area contributed by atoms with Crippen molar-refractivity contribution in [2.75, 3.05) is 16.9 Å². The molecule has 0 radical (unpaired) electrons. The molecule has 1 spiro atoms. The molecule has 7 nitrogen and oxygen atoms in total. The maximum absolute atomic E-state index is 14.4. The number of hydrogen-bond donors (Lipinski definition) is 1. The fraction of sp³-hybridized carbons (Fsp3) is 0.259. The number of amides is 1. The molecule has 35 heavy (non-hydrogen) atoms. The zero-order valence-corrected chi connectivity index (χ0v) is 19.8. The van der Waals surface area contributed by atoms with E-state index < -0.39 is 16.4 Å². The molecule has 3 aromatic carbocycles. The minimum absolute atomic E-state index is 0.0153. The Kier molecular flexibility index (Phi) is 5.05. The summed E-state index contributed by atoms with van der Waals surface area (Å²) in [6.07, 6.45) is 0. The molecule has 1 amide bonds. The SMILES string of the molecule is Cc1ccc(C(=O)[C@@H]2[C@H](c3cccc([N+](=O)[O-])c3)[C@@H]3CSCN3[C@]23C(=O)Nc2ccccc23)cc1. The fourth-order valence-electron chi connectivity index (χ4n) is 6.15. The second kappa shape index (κ2) is 8.03. The Hall–Kier alpha value is -3.49. The van der Waals surface area contributed by atoms with Crippen LogP contribution in [0.15, 0.2) is 72.8 Å². The van der Waals surface area contributed by atoms with E-state index in [1.807, 2.05) is 61.5 Å². The fourth-order valence-corrected chi connectivity index (χ4v) is 7.47. The molecular weight excluding hydrogens is 462 g/mol. The van der Waals surface area contributed by atoms with E-state index in [-0.39, 0.29) is 29.3 Å². The van der Waals surface area contributed by atoms with Crippen LogP contribution in [0.4, 0.5) is 11.4 Å². The van der Waals surface area contributed by atoms with Crippen molar-refractivity contribution >= 4 is 34.8 Å². The molecule has 0 saturated carbocycles. The molecule has 176 valence electrons. The summed E-state index contributed by atoms with van der Waals surface area (Å²) in [7, 11) is 0. The Morgan fingerprint density at radius 1 is 1.11 bits per heavy atom. The van der Waals surface area contributed by atoms with Gasteiger partial charge < -0.3 is 5.32 Å². The van der Waals surface area contributed by atoms with Crippen molar-refractivity contribution in [3.05, 3.63) is 105 Å². The molecule has 4 atom stereocenters. The van der Waals surface area contributed by atoms with E-state index >= 15 is 0 Å². The first-order chi connectivity index (χ1) is 16.9. The van der Waals surface area contributed by atoms with E-state index in [1.165, 1.54) is 6.07 Å². The highest BCUT2D eigenvalue weighted by Crippen LogP contribution is 2.61. The maximum Gasteiger partial charge on any atom is 0.269 e. The van der Waals surface area contributed by atoms with Crippen LogP contribution >= 0.6 is 11.8 Å². The number of para-hydroxylation sites is 1. The third-order valence-electron chi connectivity index (χ3n) is 7.61. The van der Waals surface area contributed by atoms with Crippen LogP contribution < -0.4 is 5.32 Å². The van der Waals surface area contributed by atoms with Crippen molar-refractivity contribution in [2.45, 2.75) is 24.4 Å². The lowest BCUT2D eigenvalue weighted by atomic mass is 9.69. The summed E-state index contributed by atoms with van der Waals surface area (Å²) in [5.41, 5.74) is 2.63. The first kappa shape index (κ1) is 22.0. The average Bonchev–Trinajstić information content (AvgIpc) is 3.52. The topological polar surface area (TPSA) is 92.5 Å². The van der Waals surface area contributed by atoms with Crippen LogP contribution in [-0.4, -0.2) is 39.2 Å². The van der Waals surface area contributed by atoms with Gasteiger partial charge in [-0.25, -0.2) is 0 Å². The predicted octanol–water partition coefficient (Wildman–Crippen LogP) is 4.72. The number of aryl methyl sites for hydroxylation is 1. The highest BCUT2D eigenvalue weighted by Gasteiger charge is 2.69. The first-order valence-corrected chi connectivity index (χ1v) is 12.7. The minimum atomic E-state index is -1.18. The molecule has 3 aromatic rings. The number of benzene rings is 3. The smallest absolute Gasteiger partial charge is 0.269 e. The lowest BCUT2D eigenvalue weighted by Crippen LogP contribution is -2.52. The molecule has 3 aliphatic heterocycles. The Labute approximate surface area is 206 Å². The second-order valence-electron chi connectivity index (χ2n) is 9.39. The van der Waals surface area contributed by atoms with Gasteiger partial charge in [0.1, 0.15) is 5.54 Å². The maximum atomic E-state index is 14.4. The number of hydrogen-bond acceptors (Lipinski definition) is 6. The average molecular weight is 486 g/mol. The highest BCUT2D eigenvalue weighted by molar-refractivity contribution is 7.99. The number of thioether (sulfide) groups is 1. The molecule has 3 aliphatic rings. The van der Waals surface area contributed by atoms with Crippen LogP contribution in [0.1, 0.15) is 33.0 Å². The van der Waals surface area contributed by atoms with Crippen LogP contribution in [0.2, 0.25) is 0 Å². The van der Waals surface area contributed by atoms with Crippen molar-refractivity contribution in [3.63, 3.8) is 0 Å². The predicted molar refractivity (Wildman–Crippen MR) is 135 cm³/mol. The molecular formula is C27H23N3O4S. The summed E-state index contributed by atoms with van der Waals surface area (Å²) >= 11 is 1.72. The quantitative estimate of drug-likeness (QED) is 0.327. The molecule has 1 N–H and O–H groups in total. The van der Waals surface area contributed by atoms with Crippen molar-refractivity contribution in [2.24, 2.45) is 5.92 Å². The van der Waals surface area contributed by atoms with Crippen molar-refractivity contribution in [1.29, 1.82) is 0 Å². The van der Waals surface area contributed by atoms with Gasteiger partial charge in [0.25, 0.3) is 5.69 Å². The number of nitro groups is 1. The summed E-state index contributed by atoms with van der Waals surface area (Å²) in [6, 6.07) is 21.4. The number of fused-ring (bicyclic) bond motifs is 4. The monoisotopic (exact) mass is 485 g/mol. The highest BCUT2D eigenvalue weighted by atomic mass is 32.2. The normalized spacial score (nSPS) is 27.0. The van der Waals surface area contributed by atoms with E-state index in [0.29, 0.717) is 11.4 Å². The Balaban J connectivity index is 1.61. The van der Waals surface area contributed by atoms with Crippen molar-refractivity contribution in [3.8, 4) is 0 Å². The second-order valence-corrected chi connectivity index (χ2v) is 10.4. The van der Waals surface area contributed by atoms with Crippen LogP contribution in [0.5, 0.6) is 0 Å². The number of rotatable bonds is 4. The van der Waals surface area contributed by atoms with Gasteiger partial charge in [0.15, 0.2) is 5.78 Å². The van der Waals surface area contributed by atoms with Gasteiger partial charge in [-0.2, -0.15) is 0 Å². The van der Waals surface area contributed by atoms with Gasteiger partial charge in [0, 0.05) is 52.5 Å². The summed E-state index contributed by atoms with van der Waals surface area (Å²) in [5, 5.41) is 14.6. The third kappa shape index (κ3) is 3.10. The number of nitrogens with zero attached hydrogens (tertiary/aromatic N) is 2. The Bertz CT molecular complexity index is 1370. The molecule has 2 saturated heterocycles. The van der Waals surface area contributed by atoms with Gasteiger partial charge in [-0.15, -0.1) is 11.8 Å². The summed E-state index contributed by atoms with van der Waals surface area (Å²) < 4.78 is 0. The molecule has 0 aromatic heterocycles. The number of ketones is 1. The van der Waals surface area contributed by atoms with Gasteiger partial charge >= 0.3 is 0 Å². The third-order valence-corrected chi connectivity index (χ3v) is 8.65. The first-order valence-electron chi connectivity index (χ1n) is 11.5. The molecule has 6 rings (SSSR count). The van der Waals surface area contributed by atoms with E-state index in [1.54, 1.807) is 23.9 Å². The molecule has 2 fully saturated rings.